The molecule has 142 valence electrons. The highest BCUT2D eigenvalue weighted by Crippen LogP contribution is 2.25. The van der Waals surface area contributed by atoms with Gasteiger partial charge in [-0.1, -0.05) is 18.2 Å². The van der Waals surface area contributed by atoms with E-state index in [2.05, 4.69) is 0 Å². The smallest absolute Gasteiger partial charge is 0.245 e. The van der Waals surface area contributed by atoms with Crippen molar-refractivity contribution in [3.63, 3.8) is 0 Å². The minimum atomic E-state index is -0.480. The van der Waals surface area contributed by atoms with Gasteiger partial charge in [-0.25, -0.2) is 0 Å². The standard InChI is InChI=1S/C19H26N2O5/c1-24-10-7-18(22)21-14-16(26-15-5-3-2-4-6-15)13-17(21)19(23)20-8-11-25-12-9-20/h2-6,16-17H,7-14H2,1H3/t16-,17-/m0/s1. The number of methoxy groups -OCH3 is 1. The molecule has 3 rings (SSSR count). The van der Waals surface area contributed by atoms with Crippen LogP contribution in [0.15, 0.2) is 30.3 Å². The fourth-order valence-corrected chi connectivity index (χ4v) is 3.41. The lowest BCUT2D eigenvalue weighted by atomic mass is 10.1. The van der Waals surface area contributed by atoms with Crippen LogP contribution in [0.2, 0.25) is 0 Å². The maximum absolute atomic E-state index is 13.0. The molecule has 0 radical (unpaired) electrons. The molecule has 7 heteroatoms. The number of para-hydroxylation sites is 1. The molecule has 0 N–H and O–H groups in total. The minimum Gasteiger partial charge on any atom is -0.488 e. The third kappa shape index (κ3) is 4.53. The summed E-state index contributed by atoms with van der Waals surface area (Å²) in [6.45, 7) is 2.98. The number of carbonyl (C=O) groups is 2. The predicted molar refractivity (Wildman–Crippen MR) is 94.9 cm³/mol. The maximum atomic E-state index is 13.0. The van der Waals surface area contributed by atoms with Crippen molar-refractivity contribution in [3.05, 3.63) is 30.3 Å². The Bertz CT molecular complexity index is 603. The van der Waals surface area contributed by atoms with Crippen molar-refractivity contribution in [2.75, 3.05) is 46.6 Å². The fraction of sp³-hybridized carbons (Fsp3) is 0.579. The zero-order valence-corrected chi connectivity index (χ0v) is 15.1. The topological polar surface area (TPSA) is 68.3 Å². The van der Waals surface area contributed by atoms with Gasteiger partial charge in [-0.2, -0.15) is 0 Å². The van der Waals surface area contributed by atoms with Crippen molar-refractivity contribution in [2.45, 2.75) is 25.0 Å². The number of benzene rings is 1. The van der Waals surface area contributed by atoms with Crippen molar-refractivity contribution in [2.24, 2.45) is 0 Å². The Hall–Kier alpha value is -2.12. The summed E-state index contributed by atoms with van der Waals surface area (Å²) in [6.07, 6.45) is 0.574. The van der Waals surface area contributed by atoms with Gasteiger partial charge in [0.1, 0.15) is 17.9 Å². The molecule has 1 aromatic carbocycles. The summed E-state index contributed by atoms with van der Waals surface area (Å²) in [4.78, 5) is 29.0. The molecule has 7 nitrogen and oxygen atoms in total. The maximum Gasteiger partial charge on any atom is 0.245 e. The summed E-state index contributed by atoms with van der Waals surface area (Å²) >= 11 is 0. The van der Waals surface area contributed by atoms with E-state index < -0.39 is 6.04 Å². The van der Waals surface area contributed by atoms with Gasteiger partial charge in [0.05, 0.1) is 32.8 Å². The van der Waals surface area contributed by atoms with Gasteiger partial charge >= 0.3 is 0 Å². The number of hydrogen-bond acceptors (Lipinski definition) is 5. The molecule has 2 saturated heterocycles. The summed E-state index contributed by atoms with van der Waals surface area (Å²) < 4.78 is 16.3. The van der Waals surface area contributed by atoms with Crippen LogP contribution in [-0.4, -0.2) is 80.3 Å². The number of hydrogen-bond donors (Lipinski definition) is 0. The Balaban J connectivity index is 1.70. The number of morpholine rings is 1. The molecular formula is C19H26N2O5. The summed E-state index contributed by atoms with van der Waals surface area (Å²) in [5, 5.41) is 0. The normalized spacial score (nSPS) is 23.1. The van der Waals surface area contributed by atoms with Crippen LogP contribution in [0.25, 0.3) is 0 Å². The molecule has 0 spiro atoms. The molecule has 0 aliphatic carbocycles. The van der Waals surface area contributed by atoms with E-state index in [9.17, 15) is 9.59 Å². The van der Waals surface area contributed by atoms with E-state index in [1.54, 1.807) is 16.9 Å². The summed E-state index contributed by atoms with van der Waals surface area (Å²) in [5.74, 6) is 0.664. The third-order valence-electron chi connectivity index (χ3n) is 4.76. The van der Waals surface area contributed by atoms with Crippen LogP contribution in [0.1, 0.15) is 12.8 Å². The molecule has 26 heavy (non-hydrogen) atoms. The Morgan fingerprint density at radius 2 is 1.92 bits per heavy atom. The second kappa shape index (κ2) is 9.00. The van der Waals surface area contributed by atoms with Crippen LogP contribution in [-0.2, 0) is 19.1 Å². The molecule has 0 bridgehead atoms. The van der Waals surface area contributed by atoms with Gasteiger partial charge in [-0.15, -0.1) is 0 Å². The fourth-order valence-electron chi connectivity index (χ4n) is 3.41. The number of ether oxygens (including phenoxy) is 3. The van der Waals surface area contributed by atoms with E-state index in [4.69, 9.17) is 14.2 Å². The van der Waals surface area contributed by atoms with Crippen molar-refractivity contribution in [1.82, 2.24) is 9.80 Å². The molecule has 0 saturated carbocycles. The van der Waals surface area contributed by atoms with E-state index in [0.29, 0.717) is 45.9 Å². The highest BCUT2D eigenvalue weighted by molar-refractivity contribution is 5.88. The molecule has 0 aromatic heterocycles. The van der Waals surface area contributed by atoms with Crippen LogP contribution in [0.5, 0.6) is 5.75 Å². The Morgan fingerprint density at radius 3 is 2.62 bits per heavy atom. The van der Waals surface area contributed by atoms with Crippen molar-refractivity contribution in [3.8, 4) is 5.75 Å². The van der Waals surface area contributed by atoms with Crippen molar-refractivity contribution in [1.29, 1.82) is 0 Å². The third-order valence-corrected chi connectivity index (χ3v) is 4.76. The number of carbonyl (C=O) groups excluding carboxylic acids is 2. The van der Waals surface area contributed by atoms with E-state index in [-0.39, 0.29) is 24.3 Å². The molecule has 0 unspecified atom stereocenters. The van der Waals surface area contributed by atoms with Crippen LogP contribution < -0.4 is 4.74 Å². The van der Waals surface area contributed by atoms with Gasteiger partial charge in [0.15, 0.2) is 0 Å². The van der Waals surface area contributed by atoms with Crippen LogP contribution in [0.3, 0.4) is 0 Å². The van der Waals surface area contributed by atoms with E-state index in [1.807, 2.05) is 30.3 Å². The monoisotopic (exact) mass is 362 g/mol. The first-order valence-corrected chi connectivity index (χ1v) is 9.05. The van der Waals surface area contributed by atoms with Gasteiger partial charge < -0.3 is 24.0 Å². The lowest BCUT2D eigenvalue weighted by Gasteiger charge is -2.32. The second-order valence-electron chi connectivity index (χ2n) is 6.53. The predicted octanol–water partition coefficient (Wildman–Crippen LogP) is 0.930. The average Bonchev–Trinajstić information content (AvgIpc) is 3.11. The number of nitrogens with zero attached hydrogens (tertiary/aromatic N) is 2. The molecule has 2 fully saturated rings. The molecular weight excluding hydrogens is 336 g/mol. The highest BCUT2D eigenvalue weighted by Gasteiger charge is 2.42. The van der Waals surface area contributed by atoms with E-state index >= 15 is 0 Å². The zero-order valence-electron chi connectivity index (χ0n) is 15.1. The van der Waals surface area contributed by atoms with Gasteiger partial charge in [-0.3, -0.25) is 9.59 Å². The summed E-state index contributed by atoms with van der Waals surface area (Å²) in [7, 11) is 1.56. The number of amides is 2. The first-order valence-electron chi connectivity index (χ1n) is 9.05. The van der Waals surface area contributed by atoms with Crippen molar-refractivity contribution < 1.29 is 23.8 Å². The minimum absolute atomic E-state index is 0.0155. The van der Waals surface area contributed by atoms with Crippen LogP contribution >= 0.6 is 0 Å². The Kier molecular flexibility index (Phi) is 6.46. The lowest BCUT2D eigenvalue weighted by molar-refractivity contribution is -0.146. The number of likely N-dealkylation sites (tertiary alicyclic amines) is 1. The summed E-state index contributed by atoms with van der Waals surface area (Å²) in [5.41, 5.74) is 0. The zero-order chi connectivity index (χ0) is 18.4. The van der Waals surface area contributed by atoms with E-state index in [0.717, 1.165) is 5.75 Å². The SMILES string of the molecule is COCCC(=O)N1C[C@@H](Oc2ccccc2)C[C@H]1C(=O)N1CCOCC1. The molecule has 2 aliphatic rings. The average molecular weight is 362 g/mol. The quantitative estimate of drug-likeness (QED) is 0.753. The largest absolute Gasteiger partial charge is 0.488 e. The number of rotatable bonds is 6. The first-order chi connectivity index (χ1) is 12.7. The molecule has 2 aliphatic heterocycles. The van der Waals surface area contributed by atoms with E-state index in [1.165, 1.54) is 0 Å². The van der Waals surface area contributed by atoms with Gasteiger partial charge in [0, 0.05) is 26.6 Å². The molecule has 2 heterocycles. The lowest BCUT2D eigenvalue weighted by Crippen LogP contribution is -2.51. The molecule has 1 aromatic rings. The molecule has 2 atom stereocenters. The van der Waals surface area contributed by atoms with Gasteiger partial charge in [-0.05, 0) is 12.1 Å². The first kappa shape index (κ1) is 18.7. The van der Waals surface area contributed by atoms with Crippen LogP contribution in [0, 0.1) is 0 Å². The van der Waals surface area contributed by atoms with Crippen molar-refractivity contribution >= 4 is 11.8 Å². The molecule has 2 amide bonds. The van der Waals surface area contributed by atoms with Gasteiger partial charge in [0.25, 0.3) is 0 Å². The Labute approximate surface area is 153 Å². The van der Waals surface area contributed by atoms with Gasteiger partial charge in [0.2, 0.25) is 11.8 Å². The highest BCUT2D eigenvalue weighted by atomic mass is 16.5. The second-order valence-corrected chi connectivity index (χ2v) is 6.53. The van der Waals surface area contributed by atoms with Crippen LogP contribution in [0.4, 0.5) is 0 Å². The summed E-state index contributed by atoms with van der Waals surface area (Å²) in [6, 6.07) is 9.02. The Morgan fingerprint density at radius 1 is 1.19 bits per heavy atom.